The van der Waals surface area contributed by atoms with E-state index < -0.39 is 0 Å². The molecule has 0 bridgehead atoms. The number of likely N-dealkylation sites (N-methyl/N-ethyl adjacent to an activating group) is 1. The van der Waals surface area contributed by atoms with Crippen LogP contribution in [-0.2, 0) is 6.67 Å². The van der Waals surface area contributed by atoms with E-state index in [0.29, 0.717) is 17.4 Å². The SMILES string of the molecule is CN1CCN(Cn2nc(-c3ccccc3Nc3ccccc3)oc2=S)CC1. The van der Waals surface area contributed by atoms with Gasteiger partial charge in [0, 0.05) is 31.9 Å². The third kappa shape index (κ3) is 4.27. The topological polar surface area (TPSA) is 49.5 Å². The average Bonchev–Trinajstić information content (AvgIpc) is 3.05. The summed E-state index contributed by atoms with van der Waals surface area (Å²) in [6.07, 6.45) is 0. The second-order valence-electron chi connectivity index (χ2n) is 6.77. The van der Waals surface area contributed by atoms with Crippen LogP contribution in [0.4, 0.5) is 11.4 Å². The molecule has 2 aromatic carbocycles. The molecule has 1 aromatic heterocycles. The van der Waals surface area contributed by atoms with E-state index in [-0.39, 0.29) is 0 Å². The van der Waals surface area contributed by atoms with Crippen molar-refractivity contribution in [3.63, 3.8) is 0 Å². The molecule has 1 N–H and O–H groups in total. The van der Waals surface area contributed by atoms with E-state index in [1.165, 1.54) is 0 Å². The van der Waals surface area contributed by atoms with E-state index in [9.17, 15) is 0 Å². The summed E-state index contributed by atoms with van der Waals surface area (Å²) in [7, 11) is 2.15. The summed E-state index contributed by atoms with van der Waals surface area (Å²) in [5, 5.41) is 8.07. The highest BCUT2D eigenvalue weighted by Crippen LogP contribution is 2.29. The molecule has 1 fully saturated rings. The quantitative estimate of drug-likeness (QED) is 0.678. The van der Waals surface area contributed by atoms with E-state index in [2.05, 4.69) is 27.3 Å². The van der Waals surface area contributed by atoms with Gasteiger partial charge in [-0.3, -0.25) is 4.90 Å². The maximum Gasteiger partial charge on any atom is 0.288 e. The predicted molar refractivity (Wildman–Crippen MR) is 110 cm³/mol. The van der Waals surface area contributed by atoms with Gasteiger partial charge in [0.15, 0.2) is 0 Å². The van der Waals surface area contributed by atoms with Crippen molar-refractivity contribution in [2.75, 3.05) is 38.5 Å². The average molecular weight is 382 g/mol. The molecule has 27 heavy (non-hydrogen) atoms. The zero-order valence-electron chi connectivity index (χ0n) is 15.3. The van der Waals surface area contributed by atoms with Crippen molar-refractivity contribution in [2.45, 2.75) is 6.67 Å². The van der Waals surface area contributed by atoms with E-state index >= 15 is 0 Å². The number of aromatic nitrogens is 2. The minimum Gasteiger partial charge on any atom is -0.409 e. The molecular weight excluding hydrogens is 358 g/mol. The first-order valence-corrected chi connectivity index (χ1v) is 9.50. The number of anilines is 2. The molecule has 1 saturated heterocycles. The van der Waals surface area contributed by atoms with Crippen LogP contribution < -0.4 is 5.32 Å². The number of rotatable bonds is 5. The Morgan fingerprint density at radius 1 is 1.00 bits per heavy atom. The van der Waals surface area contributed by atoms with E-state index in [0.717, 1.165) is 43.1 Å². The molecule has 0 atom stereocenters. The van der Waals surface area contributed by atoms with Crippen molar-refractivity contribution in [3.05, 3.63) is 59.4 Å². The highest BCUT2D eigenvalue weighted by molar-refractivity contribution is 7.71. The molecule has 0 unspecified atom stereocenters. The Hall–Kier alpha value is -2.48. The van der Waals surface area contributed by atoms with Gasteiger partial charge in [0.25, 0.3) is 4.84 Å². The fourth-order valence-electron chi connectivity index (χ4n) is 3.14. The van der Waals surface area contributed by atoms with Crippen molar-refractivity contribution in [2.24, 2.45) is 0 Å². The van der Waals surface area contributed by atoms with Crippen molar-refractivity contribution in [3.8, 4) is 11.5 Å². The van der Waals surface area contributed by atoms with Gasteiger partial charge in [-0.15, -0.1) is 5.10 Å². The smallest absolute Gasteiger partial charge is 0.288 e. The lowest BCUT2D eigenvalue weighted by Gasteiger charge is -2.31. The fraction of sp³-hybridized carbons (Fsp3) is 0.300. The molecule has 3 aromatic rings. The Balaban J connectivity index is 1.57. The first-order chi connectivity index (χ1) is 13.2. The van der Waals surface area contributed by atoms with Crippen LogP contribution in [0.5, 0.6) is 0 Å². The number of nitrogens with zero attached hydrogens (tertiary/aromatic N) is 4. The van der Waals surface area contributed by atoms with Crippen LogP contribution >= 0.6 is 12.2 Å². The van der Waals surface area contributed by atoms with Gasteiger partial charge in [-0.2, -0.15) is 0 Å². The second kappa shape index (κ2) is 8.04. The van der Waals surface area contributed by atoms with Crippen LogP contribution in [0, 0.1) is 4.84 Å². The van der Waals surface area contributed by atoms with Crippen molar-refractivity contribution in [1.82, 2.24) is 19.6 Å². The normalized spacial score (nSPS) is 15.7. The largest absolute Gasteiger partial charge is 0.409 e. The monoisotopic (exact) mass is 381 g/mol. The molecule has 1 aliphatic rings. The van der Waals surface area contributed by atoms with Crippen molar-refractivity contribution in [1.29, 1.82) is 0 Å². The van der Waals surface area contributed by atoms with Gasteiger partial charge in [-0.25, -0.2) is 4.68 Å². The Morgan fingerprint density at radius 2 is 1.70 bits per heavy atom. The number of benzene rings is 2. The van der Waals surface area contributed by atoms with Gasteiger partial charge in [0.1, 0.15) is 0 Å². The van der Waals surface area contributed by atoms with E-state index in [1.807, 2.05) is 54.6 Å². The van der Waals surface area contributed by atoms with Crippen LogP contribution in [0.3, 0.4) is 0 Å². The Kier molecular flexibility index (Phi) is 5.33. The Morgan fingerprint density at radius 3 is 2.48 bits per heavy atom. The zero-order chi connectivity index (χ0) is 18.6. The zero-order valence-corrected chi connectivity index (χ0v) is 16.2. The standard InChI is InChI=1S/C20H23N5OS/c1-23-11-13-24(14-12-23)15-25-20(27)26-19(22-25)17-9-5-6-10-18(17)21-16-7-3-2-4-8-16/h2-10,21H,11-15H2,1H3. The van der Waals surface area contributed by atoms with Gasteiger partial charge < -0.3 is 14.6 Å². The van der Waals surface area contributed by atoms with Gasteiger partial charge in [0.05, 0.1) is 17.9 Å². The van der Waals surface area contributed by atoms with Crippen LogP contribution in [-0.4, -0.2) is 52.8 Å². The van der Waals surface area contributed by atoms with Gasteiger partial charge in [0.2, 0.25) is 5.89 Å². The van der Waals surface area contributed by atoms with Crippen LogP contribution in [0.15, 0.2) is 59.0 Å². The Labute approximate surface area is 164 Å². The number of nitrogens with one attached hydrogen (secondary N) is 1. The fourth-order valence-corrected chi connectivity index (χ4v) is 3.32. The van der Waals surface area contributed by atoms with E-state index in [1.54, 1.807) is 4.68 Å². The molecule has 0 spiro atoms. The van der Waals surface area contributed by atoms with Gasteiger partial charge in [-0.05, 0) is 43.5 Å². The number of piperazine rings is 1. The minimum absolute atomic E-state index is 0.401. The maximum absolute atomic E-state index is 5.83. The molecule has 0 aliphatic carbocycles. The number of hydrogen-bond donors (Lipinski definition) is 1. The summed E-state index contributed by atoms with van der Waals surface area (Å²) in [5.74, 6) is 0.535. The third-order valence-corrected chi connectivity index (χ3v) is 5.04. The summed E-state index contributed by atoms with van der Waals surface area (Å²) in [6, 6.07) is 18.0. The molecule has 0 saturated carbocycles. The van der Waals surface area contributed by atoms with Crippen LogP contribution in [0.1, 0.15) is 0 Å². The summed E-state index contributed by atoms with van der Waals surface area (Å²) in [6.45, 7) is 4.79. The molecule has 140 valence electrons. The molecule has 4 rings (SSSR count). The molecule has 1 aliphatic heterocycles. The van der Waals surface area contributed by atoms with Crippen LogP contribution in [0.2, 0.25) is 0 Å². The van der Waals surface area contributed by atoms with Gasteiger partial charge >= 0.3 is 0 Å². The van der Waals surface area contributed by atoms with Gasteiger partial charge in [-0.1, -0.05) is 30.3 Å². The summed E-state index contributed by atoms with van der Waals surface area (Å²) >= 11 is 5.41. The highest BCUT2D eigenvalue weighted by atomic mass is 32.1. The summed E-state index contributed by atoms with van der Waals surface area (Å²) in [4.78, 5) is 5.07. The molecule has 0 radical (unpaired) electrons. The molecule has 2 heterocycles. The van der Waals surface area contributed by atoms with Crippen molar-refractivity contribution >= 4 is 23.6 Å². The maximum atomic E-state index is 5.83. The third-order valence-electron chi connectivity index (χ3n) is 4.75. The molecule has 6 nitrogen and oxygen atoms in total. The van der Waals surface area contributed by atoms with E-state index in [4.69, 9.17) is 16.6 Å². The lowest BCUT2D eigenvalue weighted by molar-refractivity contribution is 0.118. The number of hydrogen-bond acceptors (Lipinski definition) is 6. The highest BCUT2D eigenvalue weighted by Gasteiger charge is 2.17. The van der Waals surface area contributed by atoms with Crippen LogP contribution in [0.25, 0.3) is 11.5 Å². The molecule has 7 heteroatoms. The lowest BCUT2D eigenvalue weighted by Crippen LogP contribution is -2.45. The summed E-state index contributed by atoms with van der Waals surface area (Å²) < 4.78 is 7.60. The summed E-state index contributed by atoms with van der Waals surface area (Å²) in [5.41, 5.74) is 2.84. The minimum atomic E-state index is 0.401. The van der Waals surface area contributed by atoms with Crippen molar-refractivity contribution < 1.29 is 4.42 Å². The molecular formula is C20H23N5OS. The number of para-hydroxylation sites is 2. The second-order valence-corrected chi connectivity index (χ2v) is 7.12. The Bertz CT molecular complexity index is 944. The first kappa shape index (κ1) is 17.9. The lowest BCUT2D eigenvalue weighted by atomic mass is 10.1. The first-order valence-electron chi connectivity index (χ1n) is 9.09. The predicted octanol–water partition coefficient (Wildman–Crippen LogP) is 3.82. The molecule has 0 amide bonds.